The van der Waals surface area contributed by atoms with Crippen LogP contribution >= 0.6 is 11.6 Å². The van der Waals surface area contributed by atoms with Crippen LogP contribution in [0.25, 0.3) is 22.3 Å². The highest BCUT2D eigenvalue weighted by Crippen LogP contribution is 2.35. The van der Waals surface area contributed by atoms with Crippen LogP contribution in [-0.2, 0) is 7.05 Å². The lowest BCUT2D eigenvalue weighted by molar-refractivity contribution is 0.256. The minimum atomic E-state index is -0.501. The van der Waals surface area contributed by atoms with Gasteiger partial charge in [-0.1, -0.05) is 50.1 Å². The van der Waals surface area contributed by atoms with E-state index in [0.29, 0.717) is 56.0 Å². The number of rotatable bonds is 4. The number of amidine groups is 1. The third-order valence-corrected chi connectivity index (χ3v) is 6.13. The third kappa shape index (κ3) is 5.92. The number of amides is 2. The van der Waals surface area contributed by atoms with E-state index in [9.17, 15) is 4.79 Å². The molecule has 11 heteroatoms. The largest absolute Gasteiger partial charge is 0.401 e. The molecule has 4 aromatic rings. The lowest BCUT2D eigenvalue weighted by atomic mass is 9.92. The highest BCUT2D eigenvalue weighted by Gasteiger charge is 2.19. The quantitative estimate of drug-likeness (QED) is 0.207. The summed E-state index contributed by atoms with van der Waals surface area (Å²) in [5.74, 6) is 0.607. The summed E-state index contributed by atoms with van der Waals surface area (Å²) in [5.41, 5.74) is 16.7. The first-order valence-corrected chi connectivity index (χ1v) is 12.2. The van der Waals surface area contributed by atoms with Gasteiger partial charge in [0, 0.05) is 35.5 Å². The van der Waals surface area contributed by atoms with Gasteiger partial charge in [-0.3, -0.25) is 5.32 Å². The smallest absolute Gasteiger partial charge is 0.324 e. The maximum atomic E-state index is 12.9. The molecule has 0 aliphatic heterocycles. The van der Waals surface area contributed by atoms with Gasteiger partial charge >= 0.3 is 6.03 Å². The minimum absolute atomic E-state index is 0.303. The van der Waals surface area contributed by atoms with E-state index in [-0.39, 0.29) is 5.41 Å². The van der Waals surface area contributed by atoms with Crippen LogP contribution in [0, 0.1) is 12.3 Å². The molecule has 0 atom stereocenters. The molecule has 0 aliphatic rings. The molecule has 6 N–H and O–H groups in total. The highest BCUT2D eigenvalue weighted by molar-refractivity contribution is 6.34. The number of nitrogens with one attached hydrogen (secondary N) is 2. The molecule has 10 nitrogen and oxygen atoms in total. The summed E-state index contributed by atoms with van der Waals surface area (Å²) in [5, 5.41) is 11.1. The SMILES string of the molecule is Cc1ccc(N=C(/C=C(\N)C(C)(C)C)NC(=O)Nc2ccc(-c3nn(C)c4ncnc(N)c34)c(Cl)c2)cc1. The summed E-state index contributed by atoms with van der Waals surface area (Å²) in [4.78, 5) is 25.8. The average Bonchev–Trinajstić information content (AvgIpc) is 3.17. The second-order valence-corrected chi connectivity index (χ2v) is 10.3. The lowest BCUT2D eigenvalue weighted by Crippen LogP contribution is -2.34. The van der Waals surface area contributed by atoms with Gasteiger partial charge in [-0.15, -0.1) is 0 Å². The molecular weight excluding hydrogens is 502 g/mol. The molecule has 0 aliphatic carbocycles. The van der Waals surface area contributed by atoms with Crippen molar-refractivity contribution in [3.63, 3.8) is 0 Å². The van der Waals surface area contributed by atoms with E-state index >= 15 is 0 Å². The van der Waals surface area contributed by atoms with E-state index in [1.807, 2.05) is 52.0 Å². The number of urea groups is 1. The van der Waals surface area contributed by atoms with Gasteiger partial charge in [-0.2, -0.15) is 5.10 Å². The maximum absolute atomic E-state index is 12.9. The molecule has 0 saturated heterocycles. The Balaban J connectivity index is 1.59. The fraction of sp³-hybridized carbons (Fsp3) is 0.222. The Morgan fingerprint density at radius 1 is 1.13 bits per heavy atom. The Kier molecular flexibility index (Phi) is 7.36. The summed E-state index contributed by atoms with van der Waals surface area (Å²) in [6.07, 6.45) is 3.05. The molecule has 2 aromatic carbocycles. The Bertz CT molecular complexity index is 1560. The number of hydrogen-bond donors (Lipinski definition) is 4. The fourth-order valence-corrected chi connectivity index (χ4v) is 3.85. The van der Waals surface area contributed by atoms with Crippen molar-refractivity contribution in [1.29, 1.82) is 0 Å². The molecule has 4 rings (SSSR count). The Morgan fingerprint density at radius 2 is 1.84 bits per heavy atom. The highest BCUT2D eigenvalue weighted by atomic mass is 35.5. The minimum Gasteiger partial charge on any atom is -0.401 e. The molecule has 0 saturated carbocycles. The average molecular weight is 532 g/mol. The van der Waals surface area contributed by atoms with Crippen molar-refractivity contribution < 1.29 is 4.79 Å². The van der Waals surface area contributed by atoms with Crippen LogP contribution in [-0.4, -0.2) is 31.6 Å². The zero-order valence-corrected chi connectivity index (χ0v) is 22.6. The maximum Gasteiger partial charge on any atom is 0.324 e. The number of allylic oxidation sites excluding steroid dienone is 1. The molecule has 0 bridgehead atoms. The molecule has 0 radical (unpaired) electrons. The van der Waals surface area contributed by atoms with Crippen molar-refractivity contribution in [2.75, 3.05) is 11.1 Å². The molecular formula is C27H30ClN9O. The summed E-state index contributed by atoms with van der Waals surface area (Å²) in [6.45, 7) is 7.94. The first-order chi connectivity index (χ1) is 17.9. The first kappa shape index (κ1) is 26.6. The molecule has 196 valence electrons. The van der Waals surface area contributed by atoms with Crippen LogP contribution in [0.1, 0.15) is 26.3 Å². The van der Waals surface area contributed by atoms with Crippen LogP contribution < -0.4 is 22.1 Å². The summed E-state index contributed by atoms with van der Waals surface area (Å²) < 4.78 is 1.62. The van der Waals surface area contributed by atoms with E-state index in [4.69, 9.17) is 23.1 Å². The number of nitrogen functional groups attached to an aromatic ring is 1. The van der Waals surface area contributed by atoms with E-state index in [2.05, 4.69) is 30.7 Å². The third-order valence-electron chi connectivity index (χ3n) is 5.82. The van der Waals surface area contributed by atoms with Gasteiger partial charge in [0.05, 0.1) is 16.1 Å². The fourth-order valence-electron chi connectivity index (χ4n) is 3.58. The Labute approximate surface area is 225 Å². The van der Waals surface area contributed by atoms with Crippen molar-refractivity contribution in [2.45, 2.75) is 27.7 Å². The van der Waals surface area contributed by atoms with Gasteiger partial charge in [0.2, 0.25) is 0 Å². The van der Waals surface area contributed by atoms with Crippen molar-refractivity contribution >= 4 is 51.7 Å². The van der Waals surface area contributed by atoms with E-state index < -0.39 is 6.03 Å². The number of hydrogen-bond acceptors (Lipinski definition) is 7. The topological polar surface area (TPSA) is 149 Å². The second-order valence-electron chi connectivity index (χ2n) is 9.89. The number of nitrogens with zero attached hydrogens (tertiary/aromatic N) is 5. The zero-order valence-electron chi connectivity index (χ0n) is 21.9. The summed E-state index contributed by atoms with van der Waals surface area (Å²) in [7, 11) is 1.77. The van der Waals surface area contributed by atoms with Crippen LogP contribution in [0.3, 0.4) is 0 Å². The van der Waals surface area contributed by atoms with Gasteiger partial charge < -0.3 is 16.8 Å². The number of carbonyl (C=O) groups excluding carboxylic acids is 1. The molecule has 0 unspecified atom stereocenters. The summed E-state index contributed by atoms with van der Waals surface area (Å²) in [6, 6.07) is 12.2. The first-order valence-electron chi connectivity index (χ1n) is 11.9. The lowest BCUT2D eigenvalue weighted by Gasteiger charge is -2.19. The predicted molar refractivity (Wildman–Crippen MR) is 153 cm³/mol. The number of benzene rings is 2. The number of halogens is 1. The Morgan fingerprint density at radius 3 is 2.50 bits per heavy atom. The summed E-state index contributed by atoms with van der Waals surface area (Å²) >= 11 is 6.60. The number of fused-ring (bicyclic) bond motifs is 1. The molecule has 2 heterocycles. The van der Waals surface area contributed by atoms with E-state index in [1.54, 1.807) is 36.0 Å². The standard InChI is InChI=1S/C27H30ClN9O/c1-15-6-8-16(9-7-15)33-21(13-20(29)27(2,3)4)35-26(38)34-17-10-11-18(19(28)12-17)23-22-24(30)31-14-32-25(22)37(5)36-23/h6-14H,29H2,1-5H3,(H2,30,31,32)(H2,33,34,35,38)/b20-13-. The number of aryl methyl sites for hydroxylation is 2. The molecule has 38 heavy (non-hydrogen) atoms. The zero-order chi connectivity index (χ0) is 27.6. The molecule has 2 aromatic heterocycles. The normalized spacial score (nSPS) is 12.6. The van der Waals surface area contributed by atoms with Gasteiger partial charge in [-0.25, -0.2) is 24.4 Å². The van der Waals surface area contributed by atoms with E-state index in [0.717, 1.165) is 5.56 Å². The van der Waals surface area contributed by atoms with Crippen molar-refractivity contribution in [3.05, 3.63) is 71.2 Å². The molecule has 0 spiro atoms. The number of aromatic nitrogens is 4. The van der Waals surface area contributed by atoms with Crippen molar-refractivity contribution in [3.8, 4) is 11.3 Å². The van der Waals surface area contributed by atoms with Gasteiger partial charge in [-0.05, 0) is 37.3 Å². The number of aliphatic imine (C=N–C) groups is 1. The van der Waals surface area contributed by atoms with Crippen LogP contribution in [0.15, 0.2) is 65.6 Å². The Hall–Kier alpha value is -4.44. The van der Waals surface area contributed by atoms with Crippen LogP contribution in [0.5, 0.6) is 0 Å². The second kappa shape index (κ2) is 10.5. The monoisotopic (exact) mass is 531 g/mol. The number of nitrogens with two attached hydrogens (primary N) is 2. The number of anilines is 2. The van der Waals surface area contributed by atoms with Gasteiger partial charge in [0.1, 0.15) is 23.7 Å². The van der Waals surface area contributed by atoms with Gasteiger partial charge in [0.15, 0.2) is 5.65 Å². The molecule has 0 fully saturated rings. The van der Waals surface area contributed by atoms with Crippen molar-refractivity contribution in [1.82, 2.24) is 25.1 Å². The van der Waals surface area contributed by atoms with Crippen LogP contribution in [0.2, 0.25) is 5.02 Å². The van der Waals surface area contributed by atoms with Crippen molar-refractivity contribution in [2.24, 2.45) is 23.2 Å². The van der Waals surface area contributed by atoms with Crippen LogP contribution in [0.4, 0.5) is 22.0 Å². The van der Waals surface area contributed by atoms with Gasteiger partial charge in [0.25, 0.3) is 0 Å². The molecule has 2 amide bonds. The number of carbonyl (C=O) groups is 1. The van der Waals surface area contributed by atoms with E-state index in [1.165, 1.54) is 6.33 Å². The predicted octanol–water partition coefficient (Wildman–Crippen LogP) is 5.31.